The van der Waals surface area contributed by atoms with Crippen LogP contribution in [-0.4, -0.2) is 19.3 Å². The van der Waals surface area contributed by atoms with Crippen molar-refractivity contribution in [3.05, 3.63) is 52.0 Å². The van der Waals surface area contributed by atoms with E-state index >= 15 is 0 Å². The van der Waals surface area contributed by atoms with Crippen LogP contribution in [0.2, 0.25) is 10.0 Å². The molecule has 0 spiro atoms. The molecule has 1 aliphatic heterocycles. The molecule has 3 rings (SSSR count). The molecule has 0 radical (unpaired) electrons. The third-order valence-corrected chi connectivity index (χ3v) is 3.57. The number of halogens is 2. The molecule has 1 amide bonds. The average molecular weight is 354 g/mol. The van der Waals surface area contributed by atoms with Crippen LogP contribution < -0.4 is 19.5 Å². The number of benzene rings is 2. The minimum absolute atomic E-state index is 0.124. The lowest BCUT2D eigenvalue weighted by atomic mass is 10.2. The van der Waals surface area contributed by atoms with Crippen LogP contribution in [0, 0.1) is 0 Å². The Bertz CT molecular complexity index is 716. The molecule has 1 heterocycles. The molecule has 0 aromatic heterocycles. The predicted octanol–water partition coefficient (Wildman–Crippen LogP) is 3.42. The SMILES string of the molecule is O=C(COc1cc(Cl)cc(Cl)c1)NCc1ccc2c(c1)OCO2. The third kappa shape index (κ3) is 4.21. The van der Waals surface area contributed by atoms with Gasteiger partial charge in [0.15, 0.2) is 18.1 Å². The average Bonchev–Trinajstić information content (AvgIpc) is 2.97. The quantitative estimate of drug-likeness (QED) is 0.894. The van der Waals surface area contributed by atoms with Crippen molar-refractivity contribution in [2.24, 2.45) is 0 Å². The molecular weight excluding hydrogens is 341 g/mol. The van der Waals surface area contributed by atoms with E-state index in [4.69, 9.17) is 37.4 Å². The Labute approximate surface area is 143 Å². The van der Waals surface area contributed by atoms with E-state index in [9.17, 15) is 4.79 Å². The Kier molecular flexibility index (Phi) is 4.79. The van der Waals surface area contributed by atoms with Gasteiger partial charge < -0.3 is 19.5 Å². The monoisotopic (exact) mass is 353 g/mol. The zero-order valence-corrected chi connectivity index (χ0v) is 13.5. The zero-order valence-electron chi connectivity index (χ0n) is 12.0. The predicted molar refractivity (Wildman–Crippen MR) is 86.4 cm³/mol. The lowest BCUT2D eigenvalue weighted by Gasteiger charge is -2.09. The molecule has 0 fully saturated rings. The van der Waals surface area contributed by atoms with Crippen molar-refractivity contribution >= 4 is 29.1 Å². The summed E-state index contributed by atoms with van der Waals surface area (Å²) in [5.74, 6) is 1.59. The van der Waals surface area contributed by atoms with Crippen molar-refractivity contribution in [2.75, 3.05) is 13.4 Å². The minimum atomic E-state index is -0.251. The van der Waals surface area contributed by atoms with E-state index in [1.807, 2.05) is 18.2 Å². The maximum atomic E-state index is 11.8. The topological polar surface area (TPSA) is 56.8 Å². The summed E-state index contributed by atoms with van der Waals surface area (Å²) >= 11 is 11.7. The number of rotatable bonds is 5. The van der Waals surface area contributed by atoms with E-state index in [0.29, 0.717) is 33.8 Å². The molecule has 2 aromatic rings. The van der Waals surface area contributed by atoms with Crippen LogP contribution >= 0.6 is 23.2 Å². The molecule has 23 heavy (non-hydrogen) atoms. The van der Waals surface area contributed by atoms with E-state index in [-0.39, 0.29) is 19.3 Å². The van der Waals surface area contributed by atoms with Gasteiger partial charge in [0.25, 0.3) is 5.91 Å². The molecule has 2 aromatic carbocycles. The van der Waals surface area contributed by atoms with Gasteiger partial charge in [-0.05, 0) is 35.9 Å². The first-order valence-electron chi connectivity index (χ1n) is 6.84. The second kappa shape index (κ2) is 6.98. The van der Waals surface area contributed by atoms with Gasteiger partial charge in [-0.1, -0.05) is 29.3 Å². The number of carbonyl (C=O) groups excluding carboxylic acids is 1. The molecule has 0 atom stereocenters. The Morgan fingerprint density at radius 3 is 2.61 bits per heavy atom. The maximum Gasteiger partial charge on any atom is 0.258 e. The summed E-state index contributed by atoms with van der Waals surface area (Å²) < 4.78 is 15.9. The number of ether oxygens (including phenoxy) is 3. The highest BCUT2D eigenvalue weighted by atomic mass is 35.5. The van der Waals surface area contributed by atoms with Gasteiger partial charge in [-0.2, -0.15) is 0 Å². The highest BCUT2D eigenvalue weighted by Crippen LogP contribution is 2.32. The fourth-order valence-electron chi connectivity index (χ4n) is 2.06. The van der Waals surface area contributed by atoms with Crippen LogP contribution in [0.15, 0.2) is 36.4 Å². The third-order valence-electron chi connectivity index (χ3n) is 3.13. The van der Waals surface area contributed by atoms with Crippen LogP contribution in [0.1, 0.15) is 5.56 Å². The van der Waals surface area contributed by atoms with E-state index < -0.39 is 0 Å². The van der Waals surface area contributed by atoms with Crippen LogP contribution in [0.5, 0.6) is 17.2 Å². The first-order chi connectivity index (χ1) is 11.1. The Morgan fingerprint density at radius 2 is 1.83 bits per heavy atom. The Morgan fingerprint density at radius 1 is 1.09 bits per heavy atom. The summed E-state index contributed by atoms with van der Waals surface area (Å²) in [5.41, 5.74) is 0.911. The largest absolute Gasteiger partial charge is 0.484 e. The second-order valence-corrected chi connectivity index (χ2v) is 5.73. The van der Waals surface area contributed by atoms with E-state index in [1.165, 1.54) is 0 Å². The lowest BCUT2D eigenvalue weighted by molar-refractivity contribution is -0.123. The van der Waals surface area contributed by atoms with E-state index in [1.54, 1.807) is 18.2 Å². The smallest absolute Gasteiger partial charge is 0.258 e. The summed E-state index contributed by atoms with van der Waals surface area (Å²) in [6.45, 7) is 0.470. The molecule has 1 aliphatic rings. The van der Waals surface area contributed by atoms with Crippen molar-refractivity contribution in [3.8, 4) is 17.2 Å². The van der Waals surface area contributed by atoms with Gasteiger partial charge in [0.05, 0.1) is 0 Å². The molecule has 0 aliphatic carbocycles. The van der Waals surface area contributed by atoms with Crippen molar-refractivity contribution < 1.29 is 19.0 Å². The van der Waals surface area contributed by atoms with Crippen molar-refractivity contribution in [2.45, 2.75) is 6.54 Å². The number of fused-ring (bicyclic) bond motifs is 1. The normalized spacial score (nSPS) is 12.1. The Hall–Kier alpha value is -2.11. The molecule has 120 valence electrons. The van der Waals surface area contributed by atoms with Gasteiger partial charge >= 0.3 is 0 Å². The summed E-state index contributed by atoms with van der Waals surface area (Å²) in [7, 11) is 0. The van der Waals surface area contributed by atoms with Crippen LogP contribution in [0.25, 0.3) is 0 Å². The molecule has 0 bridgehead atoms. The molecule has 5 nitrogen and oxygen atoms in total. The number of nitrogens with one attached hydrogen (secondary N) is 1. The number of amides is 1. The molecule has 1 N–H and O–H groups in total. The number of carbonyl (C=O) groups is 1. The Balaban J connectivity index is 1.49. The van der Waals surface area contributed by atoms with Gasteiger partial charge in [0, 0.05) is 16.6 Å². The summed E-state index contributed by atoms with van der Waals surface area (Å²) in [6.07, 6.45) is 0. The molecule has 7 heteroatoms. The molecular formula is C16H13Cl2NO4. The van der Waals surface area contributed by atoms with Crippen molar-refractivity contribution in [1.82, 2.24) is 5.32 Å². The summed E-state index contributed by atoms with van der Waals surface area (Å²) in [6, 6.07) is 10.3. The first-order valence-corrected chi connectivity index (χ1v) is 7.60. The maximum absolute atomic E-state index is 11.8. The fraction of sp³-hybridized carbons (Fsp3) is 0.188. The fourth-order valence-corrected chi connectivity index (χ4v) is 2.57. The summed E-state index contributed by atoms with van der Waals surface area (Å²) in [5, 5.41) is 3.67. The molecule has 0 saturated carbocycles. The van der Waals surface area contributed by atoms with Crippen LogP contribution in [0.3, 0.4) is 0 Å². The lowest BCUT2D eigenvalue weighted by Crippen LogP contribution is -2.28. The number of hydrogen-bond donors (Lipinski definition) is 1. The van der Waals surface area contributed by atoms with E-state index in [2.05, 4.69) is 5.32 Å². The zero-order chi connectivity index (χ0) is 16.2. The molecule has 0 unspecified atom stereocenters. The highest BCUT2D eigenvalue weighted by Gasteiger charge is 2.13. The van der Waals surface area contributed by atoms with Gasteiger partial charge in [-0.25, -0.2) is 0 Å². The van der Waals surface area contributed by atoms with Gasteiger partial charge in [-0.3, -0.25) is 4.79 Å². The van der Waals surface area contributed by atoms with Gasteiger partial charge in [0.2, 0.25) is 6.79 Å². The summed E-state index contributed by atoms with van der Waals surface area (Å²) in [4.78, 5) is 11.8. The first kappa shape index (κ1) is 15.8. The number of hydrogen-bond acceptors (Lipinski definition) is 4. The minimum Gasteiger partial charge on any atom is -0.484 e. The second-order valence-electron chi connectivity index (χ2n) is 4.86. The van der Waals surface area contributed by atoms with Crippen molar-refractivity contribution in [3.63, 3.8) is 0 Å². The highest BCUT2D eigenvalue weighted by molar-refractivity contribution is 6.34. The van der Waals surface area contributed by atoms with Gasteiger partial charge in [-0.15, -0.1) is 0 Å². The standard InChI is InChI=1S/C16H13Cl2NO4/c17-11-4-12(18)6-13(5-11)21-8-16(20)19-7-10-1-2-14-15(3-10)23-9-22-14/h1-6H,7-9H2,(H,19,20). The van der Waals surface area contributed by atoms with Crippen LogP contribution in [-0.2, 0) is 11.3 Å². The van der Waals surface area contributed by atoms with Gasteiger partial charge in [0.1, 0.15) is 5.75 Å². The molecule has 0 saturated heterocycles. The van der Waals surface area contributed by atoms with Crippen LogP contribution in [0.4, 0.5) is 0 Å². The van der Waals surface area contributed by atoms with Crippen molar-refractivity contribution in [1.29, 1.82) is 0 Å². The van der Waals surface area contributed by atoms with E-state index in [0.717, 1.165) is 5.56 Å².